The Morgan fingerprint density at radius 3 is 1.83 bits per heavy atom. The predicted octanol–water partition coefficient (Wildman–Crippen LogP) is 4.11. The van der Waals surface area contributed by atoms with Gasteiger partial charge < -0.3 is 0 Å². The van der Waals surface area contributed by atoms with Crippen molar-refractivity contribution in [1.29, 1.82) is 0 Å². The van der Waals surface area contributed by atoms with Crippen LogP contribution in [0.15, 0.2) is 66.6 Å². The van der Waals surface area contributed by atoms with Crippen LogP contribution in [0, 0.1) is 0 Å². The van der Waals surface area contributed by atoms with E-state index in [9.17, 15) is 13.2 Å². The van der Waals surface area contributed by atoms with Crippen LogP contribution in [0.5, 0.6) is 0 Å². The Balaban J connectivity index is 0.000000231. The van der Waals surface area contributed by atoms with Gasteiger partial charge in [-0.1, -0.05) is 67.8 Å². The minimum atomic E-state index is -4.12. The van der Waals surface area contributed by atoms with E-state index in [-0.39, 0.29) is 10.7 Å². The summed E-state index contributed by atoms with van der Waals surface area (Å²) in [5.41, 5.74) is 2.04. The molecule has 0 aliphatic carbocycles. The molecule has 2 aromatic rings. The van der Waals surface area contributed by atoms with E-state index in [4.69, 9.17) is 4.55 Å². The molecule has 0 amide bonds. The van der Waals surface area contributed by atoms with E-state index >= 15 is 0 Å². The third-order valence-corrected chi connectivity index (χ3v) is 3.90. The minimum absolute atomic E-state index is 0.0838. The third-order valence-electron chi connectivity index (χ3n) is 2.98. The molecule has 120 valence electrons. The number of carbonyl (C=O) groups is 1. The lowest BCUT2D eigenvalue weighted by molar-refractivity contribution is 0.101. The second-order valence-corrected chi connectivity index (χ2v) is 5.95. The summed E-state index contributed by atoms with van der Waals surface area (Å²) in [7, 11) is -4.12. The first kappa shape index (κ1) is 18.5. The molecule has 5 heteroatoms. The van der Waals surface area contributed by atoms with Crippen molar-refractivity contribution in [1.82, 2.24) is 0 Å². The van der Waals surface area contributed by atoms with Crippen LogP contribution < -0.4 is 0 Å². The fourth-order valence-electron chi connectivity index (χ4n) is 1.88. The summed E-state index contributed by atoms with van der Waals surface area (Å²) in [6.45, 7) is 8.61. The molecule has 0 aliphatic rings. The van der Waals surface area contributed by atoms with Gasteiger partial charge in [0.1, 0.15) is 4.90 Å². The molecular formula is C18H18O4S. The van der Waals surface area contributed by atoms with Gasteiger partial charge in [0, 0.05) is 5.56 Å². The number of hydrogen-bond acceptors (Lipinski definition) is 3. The molecule has 0 saturated carbocycles. The van der Waals surface area contributed by atoms with E-state index < -0.39 is 10.1 Å². The van der Waals surface area contributed by atoms with Crippen LogP contribution in [-0.2, 0) is 10.1 Å². The molecule has 23 heavy (non-hydrogen) atoms. The maximum absolute atomic E-state index is 11.0. The van der Waals surface area contributed by atoms with Crippen molar-refractivity contribution < 1.29 is 17.8 Å². The fraction of sp³-hybridized carbons (Fsp3) is 0.0556. The molecule has 0 unspecified atom stereocenters. The molecule has 1 N–H and O–H groups in total. The molecule has 2 rings (SSSR count). The zero-order chi connectivity index (χ0) is 17.5. The lowest BCUT2D eigenvalue weighted by Gasteiger charge is -2.00. The summed E-state index contributed by atoms with van der Waals surface area (Å²) in [6, 6.07) is 13.5. The van der Waals surface area contributed by atoms with Gasteiger partial charge in [0.05, 0.1) is 0 Å². The van der Waals surface area contributed by atoms with Crippen LogP contribution >= 0.6 is 0 Å². The summed E-state index contributed by atoms with van der Waals surface area (Å²) >= 11 is 0. The zero-order valence-electron chi connectivity index (χ0n) is 12.8. The Bertz CT molecular complexity index is 820. The lowest BCUT2D eigenvalue weighted by Crippen LogP contribution is -1.99. The Labute approximate surface area is 136 Å². The highest BCUT2D eigenvalue weighted by atomic mass is 32.2. The Hall–Kier alpha value is -2.50. The van der Waals surface area contributed by atoms with Crippen LogP contribution in [0.3, 0.4) is 0 Å². The van der Waals surface area contributed by atoms with Gasteiger partial charge in [0.25, 0.3) is 10.1 Å². The maximum Gasteiger partial charge on any atom is 0.295 e. The predicted molar refractivity (Wildman–Crippen MR) is 92.9 cm³/mol. The second kappa shape index (κ2) is 8.22. The first-order valence-corrected chi connectivity index (χ1v) is 8.16. The summed E-state index contributed by atoms with van der Waals surface area (Å²) in [4.78, 5) is 10.9. The maximum atomic E-state index is 11.0. The lowest BCUT2D eigenvalue weighted by atomic mass is 10.1. The van der Waals surface area contributed by atoms with E-state index in [1.54, 1.807) is 31.2 Å². The zero-order valence-corrected chi connectivity index (χ0v) is 13.6. The van der Waals surface area contributed by atoms with Gasteiger partial charge in [-0.15, -0.1) is 0 Å². The van der Waals surface area contributed by atoms with Gasteiger partial charge in [-0.3, -0.25) is 9.35 Å². The molecule has 0 saturated heterocycles. The van der Waals surface area contributed by atoms with Crippen molar-refractivity contribution in [3.8, 4) is 0 Å². The van der Waals surface area contributed by atoms with Gasteiger partial charge >= 0.3 is 0 Å². The largest absolute Gasteiger partial charge is 0.295 e. The molecule has 0 spiro atoms. The molecule has 2 aromatic carbocycles. The normalized spacial score (nSPS) is 10.2. The van der Waals surface area contributed by atoms with Crippen LogP contribution in [0.4, 0.5) is 0 Å². The molecule has 0 atom stereocenters. The standard InChI is InChI=1S/C10H10O.C8H8O3S/c1-3-9-6-4-5-7-10(9)8(2)11;1-2-7-5-3-4-6-8(7)12(9,10)11/h3-7H,1H2,2H3;2-6H,1H2,(H,9,10,11). The van der Waals surface area contributed by atoms with Gasteiger partial charge in [-0.2, -0.15) is 8.42 Å². The fourth-order valence-corrected chi connectivity index (χ4v) is 2.58. The first-order chi connectivity index (χ1) is 10.8. The van der Waals surface area contributed by atoms with E-state index in [1.807, 2.05) is 18.2 Å². The van der Waals surface area contributed by atoms with Crippen molar-refractivity contribution in [3.63, 3.8) is 0 Å². The number of benzene rings is 2. The average Bonchev–Trinajstić information content (AvgIpc) is 2.54. The molecule has 4 nitrogen and oxygen atoms in total. The van der Waals surface area contributed by atoms with Crippen LogP contribution in [0.25, 0.3) is 12.2 Å². The van der Waals surface area contributed by atoms with E-state index in [2.05, 4.69) is 13.2 Å². The molecule has 0 fully saturated rings. The highest BCUT2D eigenvalue weighted by Gasteiger charge is 2.11. The van der Waals surface area contributed by atoms with E-state index in [0.29, 0.717) is 5.56 Å². The minimum Gasteiger partial charge on any atom is -0.294 e. The van der Waals surface area contributed by atoms with Crippen molar-refractivity contribution in [2.45, 2.75) is 11.8 Å². The first-order valence-electron chi connectivity index (χ1n) is 6.72. The monoisotopic (exact) mass is 330 g/mol. The van der Waals surface area contributed by atoms with Crippen molar-refractivity contribution in [2.75, 3.05) is 0 Å². The topological polar surface area (TPSA) is 71.4 Å². The number of ketones is 1. The third kappa shape index (κ3) is 5.32. The van der Waals surface area contributed by atoms with Crippen LogP contribution in [0.2, 0.25) is 0 Å². The Morgan fingerprint density at radius 1 is 0.957 bits per heavy atom. The molecule has 0 radical (unpaired) electrons. The van der Waals surface area contributed by atoms with Gasteiger partial charge in [0.15, 0.2) is 5.78 Å². The smallest absolute Gasteiger partial charge is 0.294 e. The van der Waals surface area contributed by atoms with Crippen molar-refractivity contribution >= 4 is 28.1 Å². The number of hydrogen-bond donors (Lipinski definition) is 1. The van der Waals surface area contributed by atoms with Crippen LogP contribution in [-0.4, -0.2) is 18.8 Å². The van der Waals surface area contributed by atoms with Crippen LogP contribution in [0.1, 0.15) is 28.4 Å². The van der Waals surface area contributed by atoms with Gasteiger partial charge in [-0.05, 0) is 24.1 Å². The quantitative estimate of drug-likeness (QED) is 0.676. The molecule has 0 heterocycles. The Morgan fingerprint density at radius 2 is 1.43 bits per heavy atom. The number of rotatable bonds is 4. The SMILES string of the molecule is C=Cc1ccccc1C(C)=O.C=Cc1ccccc1S(=O)(=O)O. The molecular weight excluding hydrogens is 312 g/mol. The summed E-state index contributed by atoms with van der Waals surface area (Å²) < 4.78 is 30.2. The summed E-state index contributed by atoms with van der Waals surface area (Å²) in [5.74, 6) is 0.0838. The van der Waals surface area contributed by atoms with Gasteiger partial charge in [-0.25, -0.2) is 0 Å². The second-order valence-electron chi connectivity index (χ2n) is 4.56. The van der Waals surface area contributed by atoms with Crippen molar-refractivity contribution in [2.24, 2.45) is 0 Å². The highest BCUT2D eigenvalue weighted by molar-refractivity contribution is 7.85. The molecule has 0 aromatic heterocycles. The Kier molecular flexibility index (Phi) is 6.63. The van der Waals surface area contributed by atoms with Gasteiger partial charge in [0.2, 0.25) is 0 Å². The van der Waals surface area contributed by atoms with E-state index in [1.165, 1.54) is 18.2 Å². The number of carbonyl (C=O) groups excluding carboxylic acids is 1. The average molecular weight is 330 g/mol. The number of Topliss-reactive ketones (excluding diaryl/α,β-unsaturated/α-hetero) is 1. The highest BCUT2D eigenvalue weighted by Crippen LogP contribution is 2.15. The molecule has 0 bridgehead atoms. The summed E-state index contributed by atoms with van der Waals surface area (Å²) in [5, 5.41) is 0. The van der Waals surface area contributed by atoms with E-state index in [0.717, 1.165) is 11.1 Å². The summed E-state index contributed by atoms with van der Waals surface area (Å²) in [6.07, 6.45) is 3.07. The molecule has 0 aliphatic heterocycles. The van der Waals surface area contributed by atoms with Crippen molar-refractivity contribution in [3.05, 3.63) is 78.4 Å².